The average Bonchev–Trinajstić information content (AvgIpc) is 2.47. The standard InChI is InChI=1S/C17H21N3O/c1-2-10-20(12-13-4-3-5-15(18)11-13)16-8-6-14(7-9-16)17(19)21/h3-9,11H,2,10,12,18H2,1H3,(H2,19,21). The van der Waals surface area contributed by atoms with E-state index in [0.717, 1.165) is 30.9 Å². The van der Waals surface area contributed by atoms with E-state index in [1.54, 1.807) is 12.1 Å². The second kappa shape index (κ2) is 6.79. The van der Waals surface area contributed by atoms with Crippen LogP contribution in [0.3, 0.4) is 0 Å². The lowest BCUT2D eigenvalue weighted by Crippen LogP contribution is -2.23. The topological polar surface area (TPSA) is 72.3 Å². The van der Waals surface area contributed by atoms with Crippen LogP contribution < -0.4 is 16.4 Å². The summed E-state index contributed by atoms with van der Waals surface area (Å²) in [5, 5.41) is 0. The van der Waals surface area contributed by atoms with Gasteiger partial charge in [0.05, 0.1) is 0 Å². The highest BCUT2D eigenvalue weighted by atomic mass is 16.1. The van der Waals surface area contributed by atoms with Crippen LogP contribution in [0, 0.1) is 0 Å². The van der Waals surface area contributed by atoms with E-state index >= 15 is 0 Å². The smallest absolute Gasteiger partial charge is 0.248 e. The second-order valence-corrected chi connectivity index (χ2v) is 5.08. The van der Waals surface area contributed by atoms with Crippen LogP contribution in [0.1, 0.15) is 29.3 Å². The molecule has 1 amide bonds. The van der Waals surface area contributed by atoms with Gasteiger partial charge in [-0.15, -0.1) is 0 Å². The van der Waals surface area contributed by atoms with E-state index in [0.29, 0.717) is 5.56 Å². The number of carbonyl (C=O) groups excluding carboxylic acids is 1. The predicted molar refractivity (Wildman–Crippen MR) is 87.2 cm³/mol. The minimum absolute atomic E-state index is 0.403. The van der Waals surface area contributed by atoms with Crippen molar-refractivity contribution in [3.8, 4) is 0 Å². The number of nitrogens with zero attached hydrogens (tertiary/aromatic N) is 1. The first-order valence-electron chi connectivity index (χ1n) is 7.09. The zero-order valence-electron chi connectivity index (χ0n) is 12.3. The van der Waals surface area contributed by atoms with Crippen molar-refractivity contribution in [2.24, 2.45) is 5.73 Å². The Hall–Kier alpha value is -2.49. The average molecular weight is 283 g/mol. The third-order valence-electron chi connectivity index (χ3n) is 3.33. The van der Waals surface area contributed by atoms with Crippen molar-refractivity contribution in [1.82, 2.24) is 0 Å². The first kappa shape index (κ1) is 14.9. The van der Waals surface area contributed by atoms with E-state index in [4.69, 9.17) is 11.5 Å². The molecule has 0 fully saturated rings. The number of anilines is 2. The van der Waals surface area contributed by atoms with Crippen molar-refractivity contribution in [3.05, 3.63) is 59.7 Å². The quantitative estimate of drug-likeness (QED) is 0.801. The number of rotatable bonds is 6. The van der Waals surface area contributed by atoms with Crippen LogP contribution in [0.4, 0.5) is 11.4 Å². The molecule has 0 radical (unpaired) electrons. The van der Waals surface area contributed by atoms with E-state index in [1.165, 1.54) is 5.56 Å². The van der Waals surface area contributed by atoms with Crippen molar-refractivity contribution < 1.29 is 4.79 Å². The molecule has 0 unspecified atom stereocenters. The molecule has 110 valence electrons. The second-order valence-electron chi connectivity index (χ2n) is 5.08. The number of nitrogens with two attached hydrogens (primary N) is 2. The van der Waals surface area contributed by atoms with Gasteiger partial charge in [-0.2, -0.15) is 0 Å². The number of hydrogen-bond donors (Lipinski definition) is 2. The third-order valence-corrected chi connectivity index (χ3v) is 3.33. The molecule has 0 saturated heterocycles. The molecule has 4 heteroatoms. The maximum atomic E-state index is 11.1. The maximum Gasteiger partial charge on any atom is 0.248 e. The molecule has 0 aromatic heterocycles. The summed E-state index contributed by atoms with van der Waals surface area (Å²) in [6.07, 6.45) is 1.04. The highest BCUT2D eigenvalue weighted by molar-refractivity contribution is 5.93. The number of amides is 1. The minimum Gasteiger partial charge on any atom is -0.399 e. The molecule has 2 rings (SSSR count). The van der Waals surface area contributed by atoms with Crippen LogP contribution in [0.5, 0.6) is 0 Å². The number of primary amides is 1. The van der Waals surface area contributed by atoms with Crippen LogP contribution in [0.15, 0.2) is 48.5 Å². The molecule has 2 aromatic carbocycles. The summed E-state index contributed by atoms with van der Waals surface area (Å²) < 4.78 is 0. The normalized spacial score (nSPS) is 10.3. The first-order chi connectivity index (χ1) is 10.1. The van der Waals surface area contributed by atoms with Crippen LogP contribution in [-0.4, -0.2) is 12.5 Å². The Bertz CT molecular complexity index is 608. The molecule has 0 aliphatic heterocycles. The van der Waals surface area contributed by atoms with Gasteiger partial charge in [-0.3, -0.25) is 4.79 Å². The van der Waals surface area contributed by atoms with Gasteiger partial charge in [0.2, 0.25) is 5.91 Å². The Morgan fingerprint density at radius 3 is 2.43 bits per heavy atom. The van der Waals surface area contributed by atoms with Gasteiger partial charge in [-0.25, -0.2) is 0 Å². The summed E-state index contributed by atoms with van der Waals surface area (Å²) >= 11 is 0. The molecule has 0 aliphatic rings. The number of benzene rings is 2. The number of nitrogen functional groups attached to an aromatic ring is 1. The van der Waals surface area contributed by atoms with Gasteiger partial charge in [-0.05, 0) is 48.4 Å². The Labute approximate surface area is 125 Å². The van der Waals surface area contributed by atoms with Crippen molar-refractivity contribution in [1.29, 1.82) is 0 Å². The molecule has 2 aromatic rings. The lowest BCUT2D eigenvalue weighted by molar-refractivity contribution is 0.100. The van der Waals surface area contributed by atoms with Crippen molar-refractivity contribution in [2.45, 2.75) is 19.9 Å². The maximum absolute atomic E-state index is 11.1. The monoisotopic (exact) mass is 283 g/mol. The van der Waals surface area contributed by atoms with Crippen LogP contribution in [-0.2, 0) is 6.54 Å². The van der Waals surface area contributed by atoms with Crippen LogP contribution in [0.2, 0.25) is 0 Å². The lowest BCUT2D eigenvalue weighted by atomic mass is 10.1. The molecule has 0 saturated carbocycles. The van der Waals surface area contributed by atoms with Crippen molar-refractivity contribution in [2.75, 3.05) is 17.2 Å². The van der Waals surface area contributed by atoms with Gasteiger partial charge in [0.15, 0.2) is 0 Å². The SMILES string of the molecule is CCCN(Cc1cccc(N)c1)c1ccc(C(N)=O)cc1. The first-order valence-corrected chi connectivity index (χ1v) is 7.09. The Kier molecular flexibility index (Phi) is 4.82. The molecule has 4 nitrogen and oxygen atoms in total. The van der Waals surface area contributed by atoms with Crippen molar-refractivity contribution >= 4 is 17.3 Å². The van der Waals surface area contributed by atoms with E-state index in [-0.39, 0.29) is 0 Å². The van der Waals surface area contributed by atoms with Gasteiger partial charge in [-0.1, -0.05) is 19.1 Å². The summed E-state index contributed by atoms with van der Waals surface area (Å²) in [6, 6.07) is 15.3. The lowest BCUT2D eigenvalue weighted by Gasteiger charge is -2.24. The van der Waals surface area contributed by atoms with E-state index in [2.05, 4.69) is 17.9 Å². The summed E-state index contributed by atoms with van der Waals surface area (Å²) in [5.41, 5.74) is 14.6. The molecular formula is C17H21N3O. The molecule has 21 heavy (non-hydrogen) atoms. The van der Waals surface area contributed by atoms with E-state index in [9.17, 15) is 4.79 Å². The zero-order chi connectivity index (χ0) is 15.2. The van der Waals surface area contributed by atoms with Gasteiger partial charge in [0.25, 0.3) is 0 Å². The number of carbonyl (C=O) groups is 1. The zero-order valence-corrected chi connectivity index (χ0v) is 12.3. The fraction of sp³-hybridized carbons (Fsp3) is 0.235. The van der Waals surface area contributed by atoms with Gasteiger partial charge in [0.1, 0.15) is 0 Å². The molecule has 0 aliphatic carbocycles. The molecule has 0 heterocycles. The molecule has 0 atom stereocenters. The fourth-order valence-corrected chi connectivity index (χ4v) is 2.32. The van der Waals surface area contributed by atoms with Gasteiger partial charge in [0, 0.05) is 30.0 Å². The van der Waals surface area contributed by atoms with Gasteiger partial charge < -0.3 is 16.4 Å². The minimum atomic E-state index is -0.403. The molecular weight excluding hydrogens is 262 g/mol. The predicted octanol–water partition coefficient (Wildman–Crippen LogP) is 2.78. The summed E-state index contributed by atoms with van der Waals surface area (Å²) in [6.45, 7) is 3.86. The van der Waals surface area contributed by atoms with E-state index < -0.39 is 5.91 Å². The summed E-state index contributed by atoms with van der Waals surface area (Å²) in [4.78, 5) is 13.4. The van der Waals surface area contributed by atoms with Crippen LogP contribution >= 0.6 is 0 Å². The summed E-state index contributed by atoms with van der Waals surface area (Å²) in [7, 11) is 0. The van der Waals surface area contributed by atoms with Crippen molar-refractivity contribution in [3.63, 3.8) is 0 Å². The summed E-state index contributed by atoms with van der Waals surface area (Å²) in [5.74, 6) is -0.403. The molecule has 0 spiro atoms. The highest BCUT2D eigenvalue weighted by Crippen LogP contribution is 2.19. The van der Waals surface area contributed by atoms with Crippen LogP contribution in [0.25, 0.3) is 0 Å². The molecule has 4 N–H and O–H groups in total. The fourth-order valence-electron chi connectivity index (χ4n) is 2.32. The highest BCUT2D eigenvalue weighted by Gasteiger charge is 2.08. The Balaban J connectivity index is 2.20. The molecule has 0 bridgehead atoms. The van der Waals surface area contributed by atoms with E-state index in [1.807, 2.05) is 30.3 Å². The third kappa shape index (κ3) is 3.99. The Morgan fingerprint density at radius 1 is 1.14 bits per heavy atom. The largest absolute Gasteiger partial charge is 0.399 e. The number of hydrogen-bond acceptors (Lipinski definition) is 3. The van der Waals surface area contributed by atoms with Gasteiger partial charge >= 0.3 is 0 Å². The Morgan fingerprint density at radius 2 is 1.86 bits per heavy atom.